The van der Waals surface area contributed by atoms with E-state index in [0.29, 0.717) is 48.3 Å². The molecule has 1 fully saturated rings. The Hall–Kier alpha value is -3.03. The number of piperidine rings is 1. The van der Waals surface area contributed by atoms with Crippen LogP contribution in [0.5, 0.6) is 11.5 Å². The van der Waals surface area contributed by atoms with Gasteiger partial charge in [-0.3, -0.25) is 0 Å². The Morgan fingerprint density at radius 3 is 2.52 bits per heavy atom. The summed E-state index contributed by atoms with van der Waals surface area (Å²) in [5, 5.41) is 15.0. The van der Waals surface area contributed by atoms with Gasteiger partial charge in [-0.15, -0.1) is 0 Å². The van der Waals surface area contributed by atoms with E-state index >= 15 is 0 Å². The summed E-state index contributed by atoms with van der Waals surface area (Å²) < 4.78 is 10.7. The van der Waals surface area contributed by atoms with Crippen LogP contribution < -0.4 is 19.7 Å². The smallest absolute Gasteiger partial charge is 0.146 e. The Morgan fingerprint density at radius 2 is 1.81 bits per heavy atom. The zero-order valence-electron chi connectivity index (χ0n) is 17.5. The Balaban J connectivity index is 1.48. The second-order valence-corrected chi connectivity index (χ2v) is 7.86. The summed E-state index contributed by atoms with van der Waals surface area (Å²) in [5.74, 6) is 2.82. The fourth-order valence-electron chi connectivity index (χ4n) is 3.84. The van der Waals surface area contributed by atoms with Crippen LogP contribution in [0.15, 0.2) is 54.9 Å². The molecule has 2 aromatic carbocycles. The fourth-order valence-corrected chi connectivity index (χ4v) is 4.15. The summed E-state index contributed by atoms with van der Waals surface area (Å²) in [6.45, 7) is 1.31. The standard InChI is InChI=1S/C23H25ClN4O3/c1-30-16-7-8-19(20(13-16)31-2)27-21-14-22(26-15-25-21)28-11-9-23(29,10-12-28)17-5-3-4-6-18(17)24/h3-8,13-15,29H,9-12H2,1-2H3,(H,25,26,27). The number of aliphatic hydroxyl groups is 1. The summed E-state index contributed by atoms with van der Waals surface area (Å²) in [6.07, 6.45) is 2.66. The van der Waals surface area contributed by atoms with E-state index in [-0.39, 0.29) is 0 Å². The summed E-state index contributed by atoms with van der Waals surface area (Å²) in [4.78, 5) is 10.9. The minimum absolute atomic E-state index is 0.565. The topological polar surface area (TPSA) is 79.7 Å². The van der Waals surface area contributed by atoms with E-state index < -0.39 is 5.60 Å². The van der Waals surface area contributed by atoms with Gasteiger partial charge in [-0.05, 0) is 31.0 Å². The third-order valence-electron chi connectivity index (χ3n) is 5.61. The number of anilines is 3. The maximum Gasteiger partial charge on any atom is 0.146 e. The lowest BCUT2D eigenvalue weighted by Crippen LogP contribution is -2.43. The molecule has 3 aromatic rings. The number of aromatic nitrogens is 2. The normalized spacial score (nSPS) is 15.4. The highest BCUT2D eigenvalue weighted by atomic mass is 35.5. The van der Waals surface area contributed by atoms with Crippen molar-refractivity contribution in [3.8, 4) is 11.5 Å². The molecular formula is C23H25ClN4O3. The number of hydrogen-bond donors (Lipinski definition) is 2. The molecule has 0 unspecified atom stereocenters. The number of ether oxygens (including phenoxy) is 2. The van der Waals surface area contributed by atoms with E-state index in [0.717, 1.165) is 17.1 Å². The third-order valence-corrected chi connectivity index (χ3v) is 5.94. The number of hydrogen-bond acceptors (Lipinski definition) is 7. The number of rotatable bonds is 6. The van der Waals surface area contributed by atoms with E-state index in [1.165, 1.54) is 6.33 Å². The molecule has 1 aromatic heterocycles. The van der Waals surface area contributed by atoms with Crippen LogP contribution in [0.3, 0.4) is 0 Å². The van der Waals surface area contributed by atoms with Crippen LogP contribution in [0.4, 0.5) is 17.3 Å². The van der Waals surface area contributed by atoms with Crippen molar-refractivity contribution in [3.63, 3.8) is 0 Å². The van der Waals surface area contributed by atoms with Crippen molar-refractivity contribution in [2.45, 2.75) is 18.4 Å². The summed E-state index contributed by atoms with van der Waals surface area (Å²) in [7, 11) is 3.23. The van der Waals surface area contributed by atoms with Crippen molar-refractivity contribution in [3.05, 3.63) is 65.4 Å². The Bertz CT molecular complexity index is 1050. The van der Waals surface area contributed by atoms with Gasteiger partial charge in [0.1, 0.15) is 29.5 Å². The number of nitrogens with one attached hydrogen (secondary N) is 1. The highest BCUT2D eigenvalue weighted by Crippen LogP contribution is 2.38. The molecule has 1 saturated heterocycles. The SMILES string of the molecule is COc1ccc(Nc2cc(N3CCC(O)(c4ccccc4Cl)CC3)ncn2)c(OC)c1. The predicted octanol–water partition coefficient (Wildman–Crippen LogP) is 4.38. The van der Waals surface area contributed by atoms with E-state index in [1.54, 1.807) is 14.2 Å². The molecule has 0 aliphatic carbocycles. The Labute approximate surface area is 186 Å². The first-order chi connectivity index (χ1) is 15.0. The number of nitrogens with zero attached hydrogens (tertiary/aromatic N) is 3. The first kappa shape index (κ1) is 21.2. The molecule has 0 spiro atoms. The summed E-state index contributed by atoms with van der Waals surface area (Å²) in [6, 6.07) is 14.9. The highest BCUT2D eigenvalue weighted by molar-refractivity contribution is 6.31. The highest BCUT2D eigenvalue weighted by Gasteiger charge is 2.35. The van der Waals surface area contributed by atoms with Gasteiger partial charge in [0, 0.05) is 35.8 Å². The molecule has 1 aliphatic rings. The summed E-state index contributed by atoms with van der Waals surface area (Å²) in [5.41, 5.74) is 0.632. The average molecular weight is 441 g/mol. The zero-order valence-corrected chi connectivity index (χ0v) is 18.3. The van der Waals surface area contributed by atoms with Crippen molar-refractivity contribution < 1.29 is 14.6 Å². The molecule has 0 atom stereocenters. The largest absolute Gasteiger partial charge is 0.497 e. The summed E-state index contributed by atoms with van der Waals surface area (Å²) >= 11 is 6.32. The zero-order chi connectivity index (χ0) is 21.8. The van der Waals surface area contributed by atoms with Crippen LogP contribution in [-0.4, -0.2) is 42.4 Å². The van der Waals surface area contributed by atoms with Crippen molar-refractivity contribution in [1.29, 1.82) is 0 Å². The molecule has 0 amide bonds. The van der Waals surface area contributed by atoms with E-state index in [9.17, 15) is 5.11 Å². The molecule has 162 valence electrons. The van der Waals surface area contributed by atoms with Crippen molar-refractivity contribution in [2.24, 2.45) is 0 Å². The van der Waals surface area contributed by atoms with Crippen LogP contribution in [0.2, 0.25) is 5.02 Å². The molecule has 0 radical (unpaired) electrons. The van der Waals surface area contributed by atoms with E-state index in [1.807, 2.05) is 48.5 Å². The number of methoxy groups -OCH3 is 2. The van der Waals surface area contributed by atoms with Crippen molar-refractivity contribution >= 4 is 28.9 Å². The van der Waals surface area contributed by atoms with Gasteiger partial charge in [0.25, 0.3) is 0 Å². The van der Waals surface area contributed by atoms with Gasteiger partial charge in [0.2, 0.25) is 0 Å². The molecule has 8 heteroatoms. The quantitative estimate of drug-likeness (QED) is 0.588. The predicted molar refractivity (Wildman–Crippen MR) is 122 cm³/mol. The van der Waals surface area contributed by atoms with Crippen LogP contribution in [0.25, 0.3) is 0 Å². The molecule has 2 N–H and O–H groups in total. The number of halogens is 1. The first-order valence-corrected chi connectivity index (χ1v) is 10.4. The molecular weight excluding hydrogens is 416 g/mol. The van der Waals surface area contributed by atoms with Gasteiger partial charge < -0.3 is 24.8 Å². The lowest BCUT2D eigenvalue weighted by Gasteiger charge is -2.39. The molecule has 2 heterocycles. The van der Waals surface area contributed by atoms with Gasteiger partial charge in [0.15, 0.2) is 0 Å². The van der Waals surface area contributed by atoms with Gasteiger partial charge >= 0.3 is 0 Å². The maximum absolute atomic E-state index is 11.2. The second kappa shape index (κ2) is 8.99. The Kier molecular flexibility index (Phi) is 6.15. The van der Waals surface area contributed by atoms with Crippen LogP contribution >= 0.6 is 11.6 Å². The molecule has 0 saturated carbocycles. The van der Waals surface area contributed by atoms with Gasteiger partial charge in [-0.25, -0.2) is 9.97 Å². The van der Waals surface area contributed by atoms with Gasteiger partial charge in [-0.1, -0.05) is 29.8 Å². The second-order valence-electron chi connectivity index (χ2n) is 7.45. The number of benzene rings is 2. The van der Waals surface area contributed by atoms with Gasteiger partial charge in [-0.2, -0.15) is 0 Å². The van der Waals surface area contributed by atoms with E-state index in [2.05, 4.69) is 20.2 Å². The van der Waals surface area contributed by atoms with Crippen LogP contribution in [-0.2, 0) is 5.60 Å². The molecule has 7 nitrogen and oxygen atoms in total. The minimum Gasteiger partial charge on any atom is -0.497 e. The van der Waals surface area contributed by atoms with Crippen LogP contribution in [0.1, 0.15) is 18.4 Å². The van der Waals surface area contributed by atoms with Crippen molar-refractivity contribution in [1.82, 2.24) is 9.97 Å². The van der Waals surface area contributed by atoms with Crippen LogP contribution in [0, 0.1) is 0 Å². The fraction of sp³-hybridized carbons (Fsp3) is 0.304. The lowest BCUT2D eigenvalue weighted by atomic mass is 9.84. The van der Waals surface area contributed by atoms with Gasteiger partial charge in [0.05, 0.1) is 25.5 Å². The first-order valence-electron chi connectivity index (χ1n) is 10.1. The molecule has 4 rings (SSSR count). The Morgan fingerprint density at radius 1 is 1.03 bits per heavy atom. The van der Waals surface area contributed by atoms with Crippen molar-refractivity contribution in [2.75, 3.05) is 37.5 Å². The maximum atomic E-state index is 11.2. The molecule has 31 heavy (non-hydrogen) atoms. The molecule has 0 bridgehead atoms. The average Bonchev–Trinajstić information content (AvgIpc) is 2.80. The third kappa shape index (κ3) is 4.52. The monoisotopic (exact) mass is 440 g/mol. The lowest BCUT2D eigenvalue weighted by molar-refractivity contribution is 0.0117. The van der Waals surface area contributed by atoms with E-state index in [4.69, 9.17) is 21.1 Å². The minimum atomic E-state index is -0.931. The molecule has 1 aliphatic heterocycles.